The lowest BCUT2D eigenvalue weighted by atomic mass is 10.0. The number of hydrogen-bond donors (Lipinski definition) is 0. The van der Waals surface area contributed by atoms with Gasteiger partial charge in [0.2, 0.25) is 0 Å². The maximum absolute atomic E-state index is 12.4. The van der Waals surface area contributed by atoms with Crippen LogP contribution in [0.2, 0.25) is 10.0 Å². The molecule has 0 aliphatic heterocycles. The molecule has 0 amide bonds. The second kappa shape index (κ2) is 6.25. The molecule has 2 aromatic rings. The van der Waals surface area contributed by atoms with Gasteiger partial charge in [0.15, 0.2) is 5.78 Å². The molecule has 0 spiro atoms. The van der Waals surface area contributed by atoms with E-state index >= 15 is 0 Å². The van der Waals surface area contributed by atoms with E-state index in [9.17, 15) is 4.79 Å². The van der Waals surface area contributed by atoms with Gasteiger partial charge in [0, 0.05) is 25.6 Å². The first kappa shape index (κ1) is 14.8. The zero-order valence-electron chi connectivity index (χ0n) is 10.2. The molecule has 0 atom stereocenters. The van der Waals surface area contributed by atoms with Crippen LogP contribution in [0.5, 0.6) is 0 Å². The standard InChI is InChI=1S/C15H11Cl2IO/c1-9-4-2-5-10(15(9)18)14(19)8-11-12(16)6-3-7-13(11)17/h2-7H,8H2,1H3. The molecule has 0 saturated carbocycles. The van der Waals surface area contributed by atoms with Crippen molar-refractivity contribution in [3.63, 3.8) is 0 Å². The summed E-state index contributed by atoms with van der Waals surface area (Å²) < 4.78 is 0.980. The van der Waals surface area contributed by atoms with Gasteiger partial charge in [-0.05, 0) is 52.8 Å². The van der Waals surface area contributed by atoms with Crippen LogP contribution in [-0.2, 0) is 6.42 Å². The van der Waals surface area contributed by atoms with Gasteiger partial charge in [0.05, 0.1) is 0 Å². The molecule has 19 heavy (non-hydrogen) atoms. The van der Waals surface area contributed by atoms with Crippen molar-refractivity contribution in [1.82, 2.24) is 0 Å². The van der Waals surface area contributed by atoms with Crippen LogP contribution in [0.25, 0.3) is 0 Å². The molecular formula is C15H11Cl2IO. The first-order valence-electron chi connectivity index (χ1n) is 5.72. The Morgan fingerprint density at radius 1 is 1.11 bits per heavy atom. The molecule has 0 saturated heterocycles. The van der Waals surface area contributed by atoms with E-state index < -0.39 is 0 Å². The van der Waals surface area contributed by atoms with E-state index in [4.69, 9.17) is 23.2 Å². The van der Waals surface area contributed by atoms with Gasteiger partial charge in [-0.1, -0.05) is 47.5 Å². The molecule has 98 valence electrons. The average Bonchev–Trinajstić information content (AvgIpc) is 2.37. The van der Waals surface area contributed by atoms with E-state index in [2.05, 4.69) is 22.6 Å². The van der Waals surface area contributed by atoms with E-state index in [-0.39, 0.29) is 12.2 Å². The van der Waals surface area contributed by atoms with Gasteiger partial charge in [-0.25, -0.2) is 0 Å². The van der Waals surface area contributed by atoms with Crippen LogP contribution in [0.15, 0.2) is 36.4 Å². The summed E-state index contributed by atoms with van der Waals surface area (Å²) in [5, 5.41) is 1.06. The van der Waals surface area contributed by atoms with Crippen molar-refractivity contribution in [1.29, 1.82) is 0 Å². The number of carbonyl (C=O) groups excluding carboxylic acids is 1. The third-order valence-electron chi connectivity index (χ3n) is 2.89. The Hall–Kier alpha value is -0.580. The number of aryl methyl sites for hydroxylation is 1. The van der Waals surface area contributed by atoms with Crippen molar-refractivity contribution in [3.05, 3.63) is 66.7 Å². The van der Waals surface area contributed by atoms with Crippen molar-refractivity contribution in [2.75, 3.05) is 0 Å². The smallest absolute Gasteiger partial charge is 0.168 e. The van der Waals surface area contributed by atoms with Crippen molar-refractivity contribution >= 4 is 51.6 Å². The van der Waals surface area contributed by atoms with E-state index in [1.165, 1.54) is 0 Å². The lowest BCUT2D eigenvalue weighted by Crippen LogP contribution is -2.07. The van der Waals surface area contributed by atoms with Crippen LogP contribution in [0.1, 0.15) is 21.5 Å². The Bertz CT molecular complexity index is 618. The molecule has 0 unspecified atom stereocenters. The fraction of sp³-hybridized carbons (Fsp3) is 0.133. The Balaban J connectivity index is 2.34. The second-order valence-electron chi connectivity index (χ2n) is 4.24. The molecule has 2 rings (SSSR count). The van der Waals surface area contributed by atoms with Crippen molar-refractivity contribution in [2.45, 2.75) is 13.3 Å². The SMILES string of the molecule is Cc1cccc(C(=O)Cc2c(Cl)cccc2Cl)c1I. The van der Waals surface area contributed by atoms with Crippen LogP contribution in [-0.4, -0.2) is 5.78 Å². The molecule has 0 aromatic heterocycles. The van der Waals surface area contributed by atoms with E-state index in [0.29, 0.717) is 15.6 Å². The number of benzene rings is 2. The molecule has 0 heterocycles. The number of carbonyl (C=O) groups is 1. The Kier molecular flexibility index (Phi) is 4.87. The molecule has 4 heteroatoms. The van der Waals surface area contributed by atoms with E-state index in [1.807, 2.05) is 25.1 Å². The quantitative estimate of drug-likeness (QED) is 0.499. The van der Waals surface area contributed by atoms with Crippen LogP contribution in [0.4, 0.5) is 0 Å². The van der Waals surface area contributed by atoms with Gasteiger partial charge in [0.1, 0.15) is 0 Å². The van der Waals surface area contributed by atoms with Gasteiger partial charge in [-0.3, -0.25) is 4.79 Å². The fourth-order valence-electron chi connectivity index (χ4n) is 1.82. The number of rotatable bonds is 3. The molecule has 1 nitrogen and oxygen atoms in total. The van der Waals surface area contributed by atoms with Crippen molar-refractivity contribution in [2.24, 2.45) is 0 Å². The normalized spacial score (nSPS) is 10.5. The van der Waals surface area contributed by atoms with Crippen LogP contribution < -0.4 is 0 Å². The third kappa shape index (κ3) is 3.30. The zero-order chi connectivity index (χ0) is 14.0. The summed E-state index contributed by atoms with van der Waals surface area (Å²) >= 11 is 14.4. The topological polar surface area (TPSA) is 17.1 Å². The minimum Gasteiger partial charge on any atom is -0.294 e. The molecule has 0 aliphatic rings. The predicted molar refractivity (Wildman–Crippen MR) is 88.4 cm³/mol. The molecule has 0 fully saturated rings. The summed E-state index contributed by atoms with van der Waals surface area (Å²) in [5.74, 6) is 0.0306. The minimum atomic E-state index is 0.0306. The largest absolute Gasteiger partial charge is 0.294 e. The number of ketones is 1. The van der Waals surface area contributed by atoms with Crippen molar-refractivity contribution in [3.8, 4) is 0 Å². The zero-order valence-corrected chi connectivity index (χ0v) is 13.9. The van der Waals surface area contributed by atoms with Gasteiger partial charge < -0.3 is 0 Å². The minimum absolute atomic E-state index is 0.0306. The predicted octanol–water partition coefficient (Wildman–Crippen LogP) is 5.33. The highest BCUT2D eigenvalue weighted by Crippen LogP contribution is 2.27. The van der Waals surface area contributed by atoms with E-state index in [1.54, 1.807) is 18.2 Å². The van der Waals surface area contributed by atoms with Crippen molar-refractivity contribution < 1.29 is 4.79 Å². The molecular weight excluding hydrogens is 394 g/mol. The van der Waals surface area contributed by atoms with Gasteiger partial charge in [0.25, 0.3) is 0 Å². The average molecular weight is 405 g/mol. The fourth-order valence-corrected chi connectivity index (χ4v) is 3.01. The first-order chi connectivity index (χ1) is 9.00. The molecule has 2 aromatic carbocycles. The third-order valence-corrected chi connectivity index (χ3v) is 5.03. The molecule has 0 bridgehead atoms. The first-order valence-corrected chi connectivity index (χ1v) is 7.55. The number of halogens is 3. The summed E-state index contributed by atoms with van der Waals surface area (Å²) in [4.78, 5) is 12.4. The van der Waals surface area contributed by atoms with Gasteiger partial charge in [-0.2, -0.15) is 0 Å². The lowest BCUT2D eigenvalue weighted by Gasteiger charge is -2.09. The summed E-state index contributed by atoms with van der Waals surface area (Å²) in [6, 6.07) is 11.0. The Morgan fingerprint density at radius 3 is 2.32 bits per heavy atom. The molecule has 0 aliphatic carbocycles. The van der Waals surface area contributed by atoms with E-state index in [0.717, 1.165) is 14.7 Å². The highest BCUT2D eigenvalue weighted by Gasteiger charge is 2.15. The highest BCUT2D eigenvalue weighted by molar-refractivity contribution is 14.1. The van der Waals surface area contributed by atoms with Crippen LogP contribution in [0, 0.1) is 10.5 Å². The molecule has 0 N–H and O–H groups in total. The van der Waals surface area contributed by atoms with Gasteiger partial charge in [-0.15, -0.1) is 0 Å². The summed E-state index contributed by atoms with van der Waals surface area (Å²) in [7, 11) is 0. The second-order valence-corrected chi connectivity index (χ2v) is 6.13. The highest BCUT2D eigenvalue weighted by atomic mass is 127. The Morgan fingerprint density at radius 2 is 1.68 bits per heavy atom. The summed E-state index contributed by atoms with van der Waals surface area (Å²) in [6.07, 6.45) is 0.220. The summed E-state index contributed by atoms with van der Waals surface area (Å²) in [6.45, 7) is 1.99. The van der Waals surface area contributed by atoms with Crippen LogP contribution in [0.3, 0.4) is 0 Å². The summed E-state index contributed by atoms with van der Waals surface area (Å²) in [5.41, 5.74) is 2.50. The molecule has 0 radical (unpaired) electrons. The number of hydrogen-bond acceptors (Lipinski definition) is 1. The Labute approximate surface area is 136 Å². The monoisotopic (exact) mass is 404 g/mol. The lowest BCUT2D eigenvalue weighted by molar-refractivity contribution is 0.0992. The maximum Gasteiger partial charge on any atom is 0.168 e. The number of Topliss-reactive ketones (excluding diaryl/α,β-unsaturated/α-hetero) is 1. The maximum atomic E-state index is 12.4. The van der Waals surface area contributed by atoms with Gasteiger partial charge >= 0.3 is 0 Å². The van der Waals surface area contributed by atoms with Crippen LogP contribution >= 0.6 is 45.8 Å².